The van der Waals surface area contributed by atoms with Crippen LogP contribution in [0.4, 0.5) is 0 Å². The molecule has 2 rings (SSSR count). The Kier molecular flexibility index (Phi) is 4.66. The van der Waals surface area contributed by atoms with Crippen LogP contribution in [0.5, 0.6) is 0 Å². The van der Waals surface area contributed by atoms with Crippen LogP contribution in [0.3, 0.4) is 0 Å². The maximum Gasteiger partial charge on any atom is 0.588 e. The molecule has 0 radical (unpaired) electrons. The van der Waals surface area contributed by atoms with Crippen molar-refractivity contribution in [2.45, 2.75) is 4.90 Å². The lowest BCUT2D eigenvalue weighted by atomic mass is 10.1. The zero-order valence-corrected chi connectivity index (χ0v) is 12.2. The quantitative estimate of drug-likeness (QED) is 0.770. The largest absolute Gasteiger partial charge is 0.588 e. The molecule has 0 heterocycles. The molecule has 1 atom stereocenters. The fourth-order valence-corrected chi connectivity index (χ4v) is 3.65. The van der Waals surface area contributed by atoms with Gasteiger partial charge in [-0.1, -0.05) is 47.5 Å². The number of rotatable bonds is 3. The molecule has 18 heavy (non-hydrogen) atoms. The standard InChI is InChI=1S/C12H7Cl2O2PS/c13-10-4-2-1-3-9(10)8-5-6-12(11(14)7-8)18-17(15)16/h1-7H/p+1. The summed E-state index contributed by atoms with van der Waals surface area (Å²) in [5.41, 5.74) is 1.76. The summed E-state index contributed by atoms with van der Waals surface area (Å²) >= 11 is 13.0. The van der Waals surface area contributed by atoms with Crippen LogP contribution in [-0.2, 0) is 4.57 Å². The molecule has 1 N–H and O–H groups in total. The predicted molar refractivity (Wildman–Crippen MR) is 77.6 cm³/mol. The molecule has 0 aliphatic rings. The lowest BCUT2D eigenvalue weighted by molar-refractivity contribution is 0.519. The second-order valence-electron chi connectivity index (χ2n) is 3.45. The van der Waals surface area contributed by atoms with Gasteiger partial charge >= 0.3 is 7.23 Å². The molecule has 0 spiro atoms. The number of halogens is 2. The molecule has 6 heteroatoms. The summed E-state index contributed by atoms with van der Waals surface area (Å²) in [6, 6.07) is 12.7. The summed E-state index contributed by atoms with van der Waals surface area (Å²) in [6.45, 7) is 0. The number of hydrogen-bond donors (Lipinski definition) is 1. The van der Waals surface area contributed by atoms with Crippen LogP contribution in [0.1, 0.15) is 0 Å². The lowest BCUT2D eigenvalue weighted by Crippen LogP contribution is -1.80. The van der Waals surface area contributed by atoms with E-state index in [-0.39, 0.29) is 0 Å². The fraction of sp³-hybridized carbons (Fsp3) is 0. The molecule has 0 fully saturated rings. The van der Waals surface area contributed by atoms with Crippen molar-refractivity contribution in [3.8, 4) is 11.1 Å². The van der Waals surface area contributed by atoms with Crippen molar-refractivity contribution in [2.75, 3.05) is 0 Å². The summed E-state index contributed by atoms with van der Waals surface area (Å²) in [5, 5.41) is 1.08. The molecule has 2 aromatic rings. The van der Waals surface area contributed by atoms with Crippen LogP contribution in [0.2, 0.25) is 10.0 Å². The zero-order chi connectivity index (χ0) is 13.1. The van der Waals surface area contributed by atoms with Gasteiger partial charge in [0.2, 0.25) is 0 Å². The molecular formula is C12H8Cl2O2PS+. The minimum atomic E-state index is -2.31. The van der Waals surface area contributed by atoms with E-state index in [1.54, 1.807) is 18.2 Å². The van der Waals surface area contributed by atoms with Crippen LogP contribution < -0.4 is 0 Å². The summed E-state index contributed by atoms with van der Waals surface area (Å²) < 4.78 is 10.8. The van der Waals surface area contributed by atoms with Crippen molar-refractivity contribution in [3.63, 3.8) is 0 Å². The van der Waals surface area contributed by atoms with Gasteiger partial charge in [-0.25, -0.2) is 0 Å². The molecule has 0 bridgehead atoms. The van der Waals surface area contributed by atoms with Gasteiger partial charge in [0, 0.05) is 10.6 Å². The maximum absolute atomic E-state index is 10.8. The van der Waals surface area contributed by atoms with Crippen LogP contribution in [0.25, 0.3) is 11.1 Å². The highest BCUT2D eigenvalue weighted by Gasteiger charge is 2.18. The van der Waals surface area contributed by atoms with Crippen molar-refractivity contribution in [1.82, 2.24) is 0 Å². The Morgan fingerprint density at radius 1 is 1.06 bits per heavy atom. The van der Waals surface area contributed by atoms with Crippen molar-refractivity contribution in [1.29, 1.82) is 0 Å². The lowest BCUT2D eigenvalue weighted by Gasteiger charge is -2.05. The molecule has 2 aromatic carbocycles. The van der Waals surface area contributed by atoms with E-state index in [0.717, 1.165) is 22.5 Å². The Balaban J connectivity index is 2.40. The molecule has 0 saturated heterocycles. The van der Waals surface area contributed by atoms with E-state index in [4.69, 9.17) is 28.1 Å². The topological polar surface area (TPSA) is 37.3 Å². The average molecular weight is 318 g/mol. The summed E-state index contributed by atoms with van der Waals surface area (Å²) in [5.74, 6) is 0. The van der Waals surface area contributed by atoms with Crippen LogP contribution in [0.15, 0.2) is 47.4 Å². The SMILES string of the molecule is O=[P+](O)Sc1ccc(-c2ccccc2Cl)cc1Cl. The van der Waals surface area contributed by atoms with Gasteiger partial charge < -0.3 is 0 Å². The normalized spacial score (nSPS) is 11.4. The van der Waals surface area contributed by atoms with Gasteiger partial charge in [0.1, 0.15) is 0 Å². The molecule has 2 nitrogen and oxygen atoms in total. The number of benzene rings is 2. The maximum atomic E-state index is 10.8. The van der Waals surface area contributed by atoms with Gasteiger partial charge in [0.15, 0.2) is 11.4 Å². The summed E-state index contributed by atoms with van der Waals surface area (Å²) in [4.78, 5) is 9.43. The molecule has 92 valence electrons. The Morgan fingerprint density at radius 3 is 2.39 bits per heavy atom. The van der Waals surface area contributed by atoms with Crippen LogP contribution in [-0.4, -0.2) is 4.89 Å². The highest BCUT2D eigenvalue weighted by atomic mass is 35.5. The first-order valence-corrected chi connectivity index (χ1v) is 8.35. The van der Waals surface area contributed by atoms with Gasteiger partial charge in [0.05, 0.1) is 9.92 Å². The monoisotopic (exact) mass is 317 g/mol. The van der Waals surface area contributed by atoms with Crippen molar-refractivity contribution < 1.29 is 9.46 Å². The second-order valence-corrected chi connectivity index (χ2v) is 6.85. The van der Waals surface area contributed by atoms with Crippen molar-refractivity contribution >= 4 is 41.8 Å². The minimum absolute atomic E-state index is 0.440. The van der Waals surface area contributed by atoms with E-state index in [2.05, 4.69) is 0 Å². The van der Waals surface area contributed by atoms with Gasteiger partial charge in [-0.05, 0) is 28.3 Å². The first-order valence-electron chi connectivity index (χ1n) is 4.96. The van der Waals surface area contributed by atoms with Gasteiger partial charge in [-0.3, -0.25) is 0 Å². The third-order valence-electron chi connectivity index (χ3n) is 2.29. The van der Waals surface area contributed by atoms with E-state index >= 15 is 0 Å². The highest BCUT2D eigenvalue weighted by Crippen LogP contribution is 2.44. The van der Waals surface area contributed by atoms with Gasteiger partial charge in [-0.2, -0.15) is 4.89 Å². The molecule has 0 aliphatic carbocycles. The Morgan fingerprint density at radius 2 is 1.78 bits per heavy atom. The molecule has 1 unspecified atom stereocenters. The Bertz CT molecular complexity index is 604. The molecule has 0 aliphatic heterocycles. The Labute approximate surface area is 120 Å². The van der Waals surface area contributed by atoms with E-state index in [1.807, 2.05) is 24.3 Å². The predicted octanol–water partition coefficient (Wildman–Crippen LogP) is 5.40. The van der Waals surface area contributed by atoms with E-state index in [1.165, 1.54) is 0 Å². The van der Waals surface area contributed by atoms with Gasteiger partial charge in [0.25, 0.3) is 0 Å². The molecular weight excluding hydrogens is 310 g/mol. The third-order valence-corrected chi connectivity index (χ3v) is 4.82. The Hall–Kier alpha value is -0.570. The minimum Gasteiger partial charge on any atom is -0.150 e. The van der Waals surface area contributed by atoms with Crippen LogP contribution in [0, 0.1) is 0 Å². The molecule has 0 amide bonds. The highest BCUT2D eigenvalue weighted by molar-refractivity contribution is 8.50. The van der Waals surface area contributed by atoms with Crippen LogP contribution >= 0.6 is 41.8 Å². The summed E-state index contributed by atoms with van der Waals surface area (Å²) in [6.07, 6.45) is 0. The van der Waals surface area contributed by atoms with E-state index in [9.17, 15) is 4.57 Å². The van der Waals surface area contributed by atoms with E-state index < -0.39 is 7.23 Å². The second kappa shape index (κ2) is 6.05. The molecule has 0 aromatic heterocycles. The summed E-state index contributed by atoms with van der Waals surface area (Å²) in [7, 11) is -2.31. The zero-order valence-electron chi connectivity index (χ0n) is 9.01. The fourth-order valence-electron chi connectivity index (χ4n) is 1.52. The smallest absolute Gasteiger partial charge is 0.150 e. The number of hydrogen-bond acceptors (Lipinski definition) is 2. The van der Waals surface area contributed by atoms with Gasteiger partial charge in [-0.15, -0.1) is 0 Å². The first kappa shape index (κ1) is 13.9. The molecule has 0 saturated carbocycles. The third kappa shape index (κ3) is 3.25. The van der Waals surface area contributed by atoms with Crippen molar-refractivity contribution in [2.24, 2.45) is 0 Å². The first-order chi connectivity index (χ1) is 8.58. The van der Waals surface area contributed by atoms with Crippen molar-refractivity contribution in [3.05, 3.63) is 52.5 Å². The van der Waals surface area contributed by atoms with E-state index in [0.29, 0.717) is 14.9 Å². The average Bonchev–Trinajstić information content (AvgIpc) is 2.32.